The maximum atomic E-state index is 12.9. The van der Waals surface area contributed by atoms with Gasteiger partial charge in [0.1, 0.15) is 29.2 Å². The van der Waals surface area contributed by atoms with Crippen LogP contribution in [-0.2, 0) is 11.2 Å². The molecule has 0 spiro atoms. The summed E-state index contributed by atoms with van der Waals surface area (Å²) in [6, 6.07) is 21.7. The van der Waals surface area contributed by atoms with Gasteiger partial charge in [0.05, 0.1) is 18.4 Å². The summed E-state index contributed by atoms with van der Waals surface area (Å²) in [5.41, 5.74) is 3.42. The number of carbonyl (C=O) groups is 2. The van der Waals surface area contributed by atoms with Gasteiger partial charge in [-0.05, 0) is 35.9 Å². The number of aromatic nitrogens is 3. The molecule has 1 aromatic heterocycles. The molecule has 40 heavy (non-hydrogen) atoms. The molecule has 0 radical (unpaired) electrons. The van der Waals surface area contributed by atoms with Gasteiger partial charge >= 0.3 is 5.97 Å². The molecule has 1 atom stereocenters. The smallest absolute Gasteiger partial charge is 0.339 e. The average Bonchev–Trinajstić information content (AvgIpc) is 3.42. The van der Waals surface area contributed by atoms with Crippen molar-refractivity contribution in [3.63, 3.8) is 0 Å². The van der Waals surface area contributed by atoms with Crippen LogP contribution < -0.4 is 15.0 Å². The molecule has 2 heterocycles. The van der Waals surface area contributed by atoms with Crippen LogP contribution >= 0.6 is 12.2 Å². The number of H-pyrrole nitrogens is 1. The van der Waals surface area contributed by atoms with E-state index in [-0.39, 0.29) is 12.4 Å². The molecule has 9 nitrogen and oxygen atoms in total. The van der Waals surface area contributed by atoms with Crippen molar-refractivity contribution in [2.45, 2.75) is 12.5 Å². The van der Waals surface area contributed by atoms with Crippen LogP contribution in [-0.4, -0.2) is 58.9 Å². The third kappa shape index (κ3) is 5.85. The second kappa shape index (κ2) is 11.8. The SMILES string of the molecule is COC(=O)c1ccccc1C#Cc1ccc2c(c1)N(C)C(=S)[C@@H](NC(=O)c1n[nH]c(Cc3ccccc3)n1)CO2. The number of thiocarbonyl (C=S) groups is 1. The van der Waals surface area contributed by atoms with Crippen LogP contribution in [0.1, 0.15) is 43.5 Å². The van der Waals surface area contributed by atoms with E-state index in [1.165, 1.54) is 7.11 Å². The average molecular weight is 552 g/mol. The fourth-order valence-electron chi connectivity index (χ4n) is 4.19. The van der Waals surface area contributed by atoms with Gasteiger partial charge in [-0.25, -0.2) is 9.78 Å². The van der Waals surface area contributed by atoms with Crippen molar-refractivity contribution >= 4 is 34.8 Å². The predicted molar refractivity (Wildman–Crippen MR) is 154 cm³/mol. The van der Waals surface area contributed by atoms with E-state index in [0.717, 1.165) is 5.56 Å². The van der Waals surface area contributed by atoms with Crippen molar-refractivity contribution < 1.29 is 19.1 Å². The lowest BCUT2D eigenvalue weighted by Gasteiger charge is -2.23. The number of hydrogen-bond acceptors (Lipinski definition) is 7. The number of esters is 1. The number of likely N-dealkylation sites (N-methyl/N-ethyl adjacent to an activating group) is 1. The summed E-state index contributed by atoms with van der Waals surface area (Å²) in [6.07, 6.45) is 0.531. The minimum absolute atomic E-state index is 0.0305. The van der Waals surface area contributed by atoms with Gasteiger partial charge in [0.15, 0.2) is 0 Å². The summed E-state index contributed by atoms with van der Waals surface area (Å²) in [7, 11) is 3.14. The first-order chi connectivity index (χ1) is 19.4. The molecule has 0 saturated heterocycles. The van der Waals surface area contributed by atoms with Crippen LogP contribution in [0.15, 0.2) is 72.8 Å². The second-order valence-electron chi connectivity index (χ2n) is 8.97. The van der Waals surface area contributed by atoms with Crippen molar-refractivity contribution in [1.29, 1.82) is 0 Å². The first-order valence-electron chi connectivity index (χ1n) is 12.4. The Morgan fingerprint density at radius 1 is 1.12 bits per heavy atom. The fourth-order valence-corrected chi connectivity index (χ4v) is 4.41. The maximum absolute atomic E-state index is 12.9. The Morgan fingerprint density at radius 3 is 2.70 bits per heavy atom. The van der Waals surface area contributed by atoms with Gasteiger partial charge in [-0.2, -0.15) is 0 Å². The van der Waals surface area contributed by atoms with E-state index in [1.807, 2.05) is 55.6 Å². The molecule has 1 aliphatic rings. The molecule has 10 heteroatoms. The molecule has 0 fully saturated rings. The summed E-state index contributed by atoms with van der Waals surface area (Å²) in [4.78, 5) is 31.6. The van der Waals surface area contributed by atoms with Crippen molar-refractivity contribution in [3.05, 3.63) is 107 Å². The molecule has 1 aliphatic heterocycles. The van der Waals surface area contributed by atoms with Crippen molar-refractivity contribution in [1.82, 2.24) is 20.5 Å². The monoisotopic (exact) mass is 551 g/mol. The quantitative estimate of drug-likeness (QED) is 0.220. The predicted octanol–water partition coefficient (Wildman–Crippen LogP) is 3.54. The van der Waals surface area contributed by atoms with E-state index in [4.69, 9.17) is 21.7 Å². The Morgan fingerprint density at radius 2 is 1.90 bits per heavy atom. The van der Waals surface area contributed by atoms with Gasteiger partial charge in [-0.3, -0.25) is 9.89 Å². The third-order valence-electron chi connectivity index (χ3n) is 6.28. The number of aromatic amines is 1. The van der Waals surface area contributed by atoms with Gasteiger partial charge in [0.25, 0.3) is 5.91 Å². The Labute approximate surface area is 236 Å². The summed E-state index contributed by atoms with van der Waals surface area (Å²) < 4.78 is 10.9. The van der Waals surface area contributed by atoms with Crippen molar-refractivity contribution in [2.24, 2.45) is 0 Å². The molecule has 0 aliphatic carbocycles. The van der Waals surface area contributed by atoms with Gasteiger partial charge in [-0.15, -0.1) is 5.10 Å². The number of ether oxygens (including phenoxy) is 2. The van der Waals surface area contributed by atoms with Crippen molar-refractivity contribution in [2.75, 3.05) is 25.7 Å². The Balaban J connectivity index is 1.29. The lowest BCUT2D eigenvalue weighted by Crippen LogP contribution is -2.48. The molecule has 200 valence electrons. The number of amides is 1. The molecule has 3 aromatic carbocycles. The number of nitrogens with zero attached hydrogens (tertiary/aromatic N) is 3. The summed E-state index contributed by atoms with van der Waals surface area (Å²) in [5.74, 6) is 6.46. The Bertz CT molecular complexity index is 1640. The first kappa shape index (κ1) is 26.6. The topological polar surface area (TPSA) is 109 Å². The largest absolute Gasteiger partial charge is 0.489 e. The minimum atomic E-state index is -0.586. The Hall–Kier alpha value is -5.01. The van der Waals surface area contributed by atoms with E-state index >= 15 is 0 Å². The van der Waals surface area contributed by atoms with E-state index in [1.54, 1.807) is 29.2 Å². The first-order valence-corrected chi connectivity index (χ1v) is 12.8. The van der Waals surface area contributed by atoms with Crippen LogP contribution in [0, 0.1) is 11.8 Å². The lowest BCUT2D eigenvalue weighted by atomic mass is 10.1. The molecule has 0 saturated carbocycles. The zero-order chi connectivity index (χ0) is 28.1. The number of methoxy groups -OCH3 is 1. The zero-order valence-electron chi connectivity index (χ0n) is 21.8. The van der Waals surface area contributed by atoms with E-state index in [9.17, 15) is 9.59 Å². The van der Waals surface area contributed by atoms with Crippen LogP contribution in [0.25, 0.3) is 0 Å². The van der Waals surface area contributed by atoms with E-state index in [0.29, 0.717) is 45.4 Å². The highest BCUT2D eigenvalue weighted by atomic mass is 32.1. The molecule has 2 N–H and O–H groups in total. The molecular formula is C30H25N5O4S. The zero-order valence-corrected chi connectivity index (χ0v) is 22.6. The lowest BCUT2D eigenvalue weighted by molar-refractivity contribution is 0.0600. The van der Waals surface area contributed by atoms with Crippen molar-refractivity contribution in [3.8, 4) is 17.6 Å². The van der Waals surface area contributed by atoms with Gasteiger partial charge in [-0.1, -0.05) is 66.5 Å². The third-order valence-corrected chi connectivity index (χ3v) is 6.84. The van der Waals surface area contributed by atoms with Crippen LogP contribution in [0.2, 0.25) is 0 Å². The van der Waals surface area contributed by atoms with E-state index in [2.05, 4.69) is 32.3 Å². The molecule has 0 bridgehead atoms. The maximum Gasteiger partial charge on any atom is 0.339 e. The standard InChI is InChI=1S/C30H25N5O4S/c1-35-24-16-20(12-14-21-10-6-7-11-22(21)30(37)38-2)13-15-25(24)39-18-23(29(35)40)31-28(36)27-32-26(33-34-27)17-19-8-4-3-5-9-19/h3-11,13,15-16,23H,17-18H2,1-2H3,(H,31,36)(H,32,33,34)/t23-/m0/s1. The summed E-state index contributed by atoms with van der Waals surface area (Å²) in [6.45, 7) is 0.140. The summed E-state index contributed by atoms with van der Waals surface area (Å²) in [5, 5.41) is 9.79. The molecule has 4 aromatic rings. The van der Waals surface area contributed by atoms with Crippen LogP contribution in [0.3, 0.4) is 0 Å². The molecule has 0 unspecified atom stereocenters. The molecule has 5 rings (SSSR count). The van der Waals surface area contributed by atoms with Gasteiger partial charge in [0, 0.05) is 24.6 Å². The van der Waals surface area contributed by atoms with E-state index < -0.39 is 17.9 Å². The number of hydrogen-bond donors (Lipinski definition) is 2. The number of rotatable bonds is 5. The number of fused-ring (bicyclic) bond motifs is 1. The summed E-state index contributed by atoms with van der Waals surface area (Å²) >= 11 is 5.71. The number of nitrogens with one attached hydrogen (secondary N) is 2. The number of benzene rings is 3. The van der Waals surface area contributed by atoms with Crippen LogP contribution in [0.4, 0.5) is 5.69 Å². The molecule has 1 amide bonds. The highest BCUT2D eigenvalue weighted by Gasteiger charge is 2.29. The fraction of sp³-hybridized carbons (Fsp3) is 0.167. The highest BCUT2D eigenvalue weighted by molar-refractivity contribution is 7.80. The highest BCUT2D eigenvalue weighted by Crippen LogP contribution is 2.32. The number of carbonyl (C=O) groups excluding carboxylic acids is 2. The normalized spacial score (nSPS) is 14.2. The van der Waals surface area contributed by atoms with Gasteiger partial charge < -0.3 is 19.7 Å². The Kier molecular flexibility index (Phi) is 7.84. The van der Waals surface area contributed by atoms with Crippen LogP contribution in [0.5, 0.6) is 5.75 Å². The minimum Gasteiger partial charge on any atom is -0.489 e. The van der Waals surface area contributed by atoms with Gasteiger partial charge in [0.2, 0.25) is 5.82 Å². The second-order valence-corrected chi connectivity index (χ2v) is 9.39. The molecular weight excluding hydrogens is 526 g/mol. The number of anilines is 1.